The van der Waals surface area contributed by atoms with E-state index in [1.165, 1.54) is 10.1 Å². The van der Waals surface area contributed by atoms with Gasteiger partial charge in [0.05, 0.1) is 18.8 Å². The van der Waals surface area contributed by atoms with Gasteiger partial charge < -0.3 is 23.9 Å². The van der Waals surface area contributed by atoms with Crippen molar-refractivity contribution in [3.05, 3.63) is 34.9 Å². The van der Waals surface area contributed by atoms with E-state index < -0.39 is 25.9 Å². The first kappa shape index (κ1) is 29.5. The monoisotopic (exact) mass is 587 g/mol. The van der Waals surface area contributed by atoms with Gasteiger partial charge in [0.15, 0.2) is 8.32 Å². The Labute approximate surface area is 231 Å². The summed E-state index contributed by atoms with van der Waals surface area (Å²) in [5.41, 5.74) is 3.89. The summed E-state index contributed by atoms with van der Waals surface area (Å²) in [4.78, 5) is 16.4. The van der Waals surface area contributed by atoms with Gasteiger partial charge in [0, 0.05) is 17.4 Å². The Morgan fingerprint density at radius 1 is 1.43 bits per heavy atom. The molecule has 12 heteroatoms. The fourth-order valence-electron chi connectivity index (χ4n) is 4.95. The lowest BCUT2D eigenvalue weighted by Crippen LogP contribution is -2.46. The number of anilines is 1. The number of allylic oxidation sites excluding steroid dienone is 1. The van der Waals surface area contributed by atoms with Crippen molar-refractivity contribution >= 4 is 43.0 Å². The van der Waals surface area contributed by atoms with Crippen molar-refractivity contribution in [2.45, 2.75) is 108 Å². The first-order valence-corrected chi connectivity index (χ1v) is 20.0. The second-order valence-electron chi connectivity index (χ2n) is 12.4. The Morgan fingerprint density at radius 2 is 2.14 bits per heavy atom. The Bertz CT molecular complexity index is 1140. The van der Waals surface area contributed by atoms with Crippen LogP contribution in [0.3, 0.4) is 0 Å². The molecule has 3 aliphatic rings. The standard InChI is InChI=1S/C25H42N3O5PS2Si/c1-16(2)17-9-11-25(6)20(13-17)32-34(35,36-25)30-15-19-18(33-37(7,8)24(3,4)5)14-22(31-19)28-12-10-21(26)27-23(28)29/h10,12,17-20,22H,1,9,11,13-15H2,2-8H3,(H2,26,27,29)/t17-,18-,19+,20+,22+,25+,34+/m0/s1. The molecular formula is C25H42N3O5PS2Si. The summed E-state index contributed by atoms with van der Waals surface area (Å²) in [6.07, 6.45) is 4.15. The van der Waals surface area contributed by atoms with Crippen LogP contribution in [0.15, 0.2) is 29.2 Å². The van der Waals surface area contributed by atoms with Crippen molar-refractivity contribution in [2.75, 3.05) is 12.3 Å². The van der Waals surface area contributed by atoms with Crippen LogP contribution in [0.1, 0.15) is 66.5 Å². The number of aromatic nitrogens is 2. The van der Waals surface area contributed by atoms with Crippen LogP contribution in [0.25, 0.3) is 0 Å². The first-order valence-electron chi connectivity index (χ1n) is 13.0. The van der Waals surface area contributed by atoms with Gasteiger partial charge in [0.1, 0.15) is 18.1 Å². The van der Waals surface area contributed by atoms with Crippen molar-refractivity contribution in [3.8, 4) is 0 Å². The van der Waals surface area contributed by atoms with Gasteiger partial charge in [-0.1, -0.05) is 44.3 Å². The molecule has 3 heterocycles. The van der Waals surface area contributed by atoms with E-state index in [-0.39, 0.29) is 40.5 Å². The van der Waals surface area contributed by atoms with E-state index in [4.69, 9.17) is 35.8 Å². The predicted octanol–water partition coefficient (Wildman–Crippen LogP) is 6.01. The van der Waals surface area contributed by atoms with Crippen molar-refractivity contribution in [1.82, 2.24) is 9.55 Å². The molecular weight excluding hydrogens is 545 g/mol. The highest BCUT2D eigenvalue weighted by atomic mass is 32.9. The lowest BCUT2D eigenvalue weighted by molar-refractivity contribution is -0.0395. The largest absolute Gasteiger partial charge is 0.411 e. The molecule has 8 nitrogen and oxygen atoms in total. The van der Waals surface area contributed by atoms with E-state index in [0.717, 1.165) is 19.3 Å². The molecule has 0 spiro atoms. The van der Waals surface area contributed by atoms with Crippen LogP contribution >= 0.6 is 17.1 Å². The Morgan fingerprint density at radius 3 is 2.76 bits per heavy atom. The van der Waals surface area contributed by atoms with E-state index in [0.29, 0.717) is 12.3 Å². The van der Waals surface area contributed by atoms with Gasteiger partial charge >= 0.3 is 5.69 Å². The summed E-state index contributed by atoms with van der Waals surface area (Å²) in [7, 11) is -2.12. The van der Waals surface area contributed by atoms with Crippen LogP contribution in [-0.2, 0) is 30.0 Å². The first-order chi connectivity index (χ1) is 17.0. The number of nitrogens with zero attached hydrogens (tertiary/aromatic N) is 2. The molecule has 0 radical (unpaired) electrons. The van der Waals surface area contributed by atoms with Crippen LogP contribution in [0.2, 0.25) is 18.1 Å². The Hall–Kier alpha value is -0.523. The van der Waals surface area contributed by atoms with Crippen LogP contribution in [-0.4, -0.2) is 47.5 Å². The van der Waals surface area contributed by atoms with E-state index in [1.807, 2.05) is 0 Å². The second kappa shape index (κ2) is 10.5. The van der Waals surface area contributed by atoms with Gasteiger partial charge in [0.2, 0.25) is 5.69 Å². The van der Waals surface area contributed by atoms with Gasteiger partial charge in [-0.15, -0.1) is 0 Å². The molecule has 2 aliphatic heterocycles. The Balaban J connectivity index is 1.50. The highest BCUT2D eigenvalue weighted by molar-refractivity contribution is 8.68. The van der Waals surface area contributed by atoms with Gasteiger partial charge in [0.25, 0.3) is 0 Å². The third kappa shape index (κ3) is 6.29. The Kier molecular flexibility index (Phi) is 8.33. The van der Waals surface area contributed by atoms with Crippen LogP contribution in [0, 0.1) is 5.92 Å². The molecule has 0 amide bonds. The van der Waals surface area contributed by atoms with E-state index in [9.17, 15) is 4.79 Å². The average molecular weight is 588 g/mol. The molecule has 0 aromatic carbocycles. The SMILES string of the molecule is C=C(C)[C@H]1CC[C@@]2(C)S[P@](=S)(OC[C@H]3O[C@@H](n4ccc(N)nc4=O)C[C@@H]3O[Si](C)(C)C(C)(C)C)O[C@@H]2C1. The molecule has 1 saturated carbocycles. The fraction of sp³-hybridized carbons (Fsp3) is 0.760. The number of fused-ring (bicyclic) bond motifs is 1. The van der Waals surface area contributed by atoms with Gasteiger partial charge in [-0.2, -0.15) is 4.98 Å². The maximum Gasteiger partial charge on any atom is 0.351 e. The topological polar surface area (TPSA) is 97.8 Å². The number of nitrogen functional groups attached to an aromatic ring is 1. The third-order valence-corrected chi connectivity index (χ3v) is 18.8. The highest BCUT2D eigenvalue weighted by Crippen LogP contribution is 2.75. The number of nitrogens with two attached hydrogens (primary N) is 1. The van der Waals surface area contributed by atoms with E-state index in [2.05, 4.69) is 59.3 Å². The molecule has 2 saturated heterocycles. The summed E-state index contributed by atoms with van der Waals surface area (Å²) in [5.74, 6) is 0.652. The molecule has 1 aliphatic carbocycles. The summed E-state index contributed by atoms with van der Waals surface area (Å²) in [5, 5.41) is 0.0247. The minimum atomic E-state index is -2.57. The van der Waals surface area contributed by atoms with Crippen molar-refractivity contribution in [2.24, 2.45) is 5.92 Å². The highest BCUT2D eigenvalue weighted by Gasteiger charge is 2.54. The van der Waals surface area contributed by atoms with Gasteiger partial charge in [-0.25, -0.2) is 4.79 Å². The second-order valence-corrected chi connectivity index (χ2v) is 23.7. The minimum absolute atomic E-state index is 0.0247. The normalized spacial score (nSPS) is 36.5. The number of hydrogen-bond acceptors (Lipinski definition) is 9. The zero-order chi connectivity index (χ0) is 27.4. The zero-order valence-electron chi connectivity index (χ0n) is 23.1. The fourth-order valence-corrected chi connectivity index (χ4v) is 13.4. The number of hydrogen-bond donors (Lipinski definition) is 1. The summed E-state index contributed by atoms with van der Waals surface area (Å²) >= 11 is 7.70. The quantitative estimate of drug-likeness (QED) is 0.234. The van der Waals surface area contributed by atoms with Crippen molar-refractivity contribution < 1.29 is 18.2 Å². The van der Waals surface area contributed by atoms with Gasteiger partial charge in [-0.3, -0.25) is 4.57 Å². The van der Waals surface area contributed by atoms with Crippen LogP contribution in [0.5, 0.6) is 0 Å². The van der Waals surface area contributed by atoms with Crippen molar-refractivity contribution in [3.63, 3.8) is 0 Å². The average Bonchev–Trinajstić information content (AvgIpc) is 3.27. The molecule has 1 aromatic rings. The predicted molar refractivity (Wildman–Crippen MR) is 157 cm³/mol. The van der Waals surface area contributed by atoms with E-state index in [1.54, 1.807) is 23.6 Å². The molecule has 0 unspecified atom stereocenters. The minimum Gasteiger partial charge on any atom is -0.411 e. The molecule has 1 aromatic heterocycles. The lowest BCUT2D eigenvalue weighted by atomic mass is 9.77. The van der Waals surface area contributed by atoms with Crippen LogP contribution in [0.4, 0.5) is 5.82 Å². The molecule has 3 fully saturated rings. The maximum absolute atomic E-state index is 12.5. The third-order valence-electron chi connectivity index (χ3n) is 8.43. The molecule has 208 valence electrons. The maximum atomic E-state index is 12.5. The molecule has 2 N–H and O–H groups in total. The zero-order valence-corrected chi connectivity index (χ0v) is 26.6. The lowest BCUT2D eigenvalue weighted by Gasteiger charge is -2.39. The summed E-state index contributed by atoms with van der Waals surface area (Å²) < 4.78 is 27.5. The summed E-state index contributed by atoms with van der Waals surface area (Å²) in [6, 6.07) is 1.60. The molecule has 0 bridgehead atoms. The number of rotatable bonds is 7. The van der Waals surface area contributed by atoms with Crippen LogP contribution < -0.4 is 11.4 Å². The van der Waals surface area contributed by atoms with Crippen molar-refractivity contribution in [1.29, 1.82) is 0 Å². The molecule has 7 atom stereocenters. The molecule has 4 rings (SSSR count). The smallest absolute Gasteiger partial charge is 0.351 e. The number of ether oxygens (including phenoxy) is 1. The van der Waals surface area contributed by atoms with E-state index >= 15 is 0 Å². The summed E-state index contributed by atoms with van der Waals surface area (Å²) in [6.45, 7) is 19.8. The molecule has 37 heavy (non-hydrogen) atoms. The van der Waals surface area contributed by atoms with Gasteiger partial charge in [-0.05, 0) is 75.0 Å².